The average molecular weight is 312 g/mol. The molecule has 0 radical (unpaired) electrons. The van der Waals surface area contributed by atoms with Crippen LogP contribution >= 0.6 is 0 Å². The van der Waals surface area contributed by atoms with E-state index in [2.05, 4.69) is 26.0 Å². The van der Waals surface area contributed by atoms with E-state index in [4.69, 9.17) is 4.74 Å². The third-order valence-electron chi connectivity index (χ3n) is 4.57. The molecule has 0 aliphatic rings. The van der Waals surface area contributed by atoms with Crippen LogP contribution in [0.3, 0.4) is 0 Å². The minimum Gasteiger partial charge on any atom is -0.489 e. The van der Waals surface area contributed by atoms with E-state index < -0.39 is 5.60 Å². The Hall–Kier alpha value is -1.80. The predicted octanol–water partition coefficient (Wildman–Crippen LogP) is 5.30. The molecule has 0 aliphatic carbocycles. The van der Waals surface area contributed by atoms with Gasteiger partial charge in [0.2, 0.25) is 0 Å². The van der Waals surface area contributed by atoms with Gasteiger partial charge in [0.1, 0.15) is 12.4 Å². The van der Waals surface area contributed by atoms with Gasteiger partial charge in [-0.25, -0.2) is 0 Å². The summed E-state index contributed by atoms with van der Waals surface area (Å²) in [5.74, 6) is 1.38. The van der Waals surface area contributed by atoms with Gasteiger partial charge in [-0.1, -0.05) is 69.2 Å². The predicted molar refractivity (Wildman–Crippen MR) is 95.5 cm³/mol. The Morgan fingerprint density at radius 1 is 0.957 bits per heavy atom. The van der Waals surface area contributed by atoms with Crippen LogP contribution in [0, 0.1) is 5.92 Å². The molecule has 0 aromatic heterocycles. The van der Waals surface area contributed by atoms with Crippen LogP contribution in [0.25, 0.3) is 0 Å². The molecule has 2 rings (SSSR count). The third-order valence-corrected chi connectivity index (χ3v) is 4.57. The Kier molecular flexibility index (Phi) is 6.23. The fourth-order valence-electron chi connectivity index (χ4n) is 2.91. The fraction of sp³-hybridized carbons (Fsp3) is 0.429. The van der Waals surface area contributed by atoms with Gasteiger partial charge in [-0.2, -0.15) is 0 Å². The number of hydrogen-bond acceptors (Lipinski definition) is 2. The summed E-state index contributed by atoms with van der Waals surface area (Å²) in [5.41, 5.74) is 1.32. The first-order valence-corrected chi connectivity index (χ1v) is 8.54. The minimum absolute atomic E-state index is 0.555. The Labute approximate surface area is 140 Å². The second-order valence-electron chi connectivity index (χ2n) is 6.46. The molecule has 0 saturated heterocycles. The normalized spacial score (nSPS) is 13.8. The molecule has 2 aromatic carbocycles. The van der Waals surface area contributed by atoms with Gasteiger partial charge < -0.3 is 9.84 Å². The maximum absolute atomic E-state index is 10.8. The highest BCUT2D eigenvalue weighted by molar-refractivity contribution is 5.31. The van der Waals surface area contributed by atoms with Crippen molar-refractivity contribution in [3.05, 3.63) is 65.7 Å². The molecule has 0 heterocycles. The molecule has 2 nitrogen and oxygen atoms in total. The maximum Gasteiger partial charge on any atom is 0.119 e. The summed E-state index contributed by atoms with van der Waals surface area (Å²) in [4.78, 5) is 0. The number of benzene rings is 2. The van der Waals surface area contributed by atoms with Gasteiger partial charge in [-0.3, -0.25) is 0 Å². The summed E-state index contributed by atoms with van der Waals surface area (Å²) in [6.45, 7) is 6.84. The molecule has 1 N–H and O–H groups in total. The highest BCUT2D eigenvalue weighted by Gasteiger charge is 2.26. The number of aliphatic hydroxyl groups is 1. The summed E-state index contributed by atoms with van der Waals surface area (Å²) in [6.07, 6.45) is 3.00. The molecule has 0 amide bonds. The average Bonchev–Trinajstić information content (AvgIpc) is 2.59. The number of ether oxygens (including phenoxy) is 1. The van der Waals surface area contributed by atoms with Crippen LogP contribution in [0.2, 0.25) is 0 Å². The minimum atomic E-state index is -0.783. The van der Waals surface area contributed by atoms with E-state index >= 15 is 0 Å². The number of rotatable bonds is 8. The van der Waals surface area contributed by atoms with Crippen molar-refractivity contribution in [1.29, 1.82) is 0 Å². The largest absolute Gasteiger partial charge is 0.489 e. The molecule has 2 aromatic rings. The standard InChI is InChI=1S/C21H28O2/c1-4-17(5-2)15-21(3,22)19-11-13-20(14-12-19)23-16-18-9-7-6-8-10-18/h6-14,17,22H,4-5,15-16H2,1-3H3. The van der Waals surface area contributed by atoms with E-state index in [0.717, 1.165) is 36.1 Å². The van der Waals surface area contributed by atoms with Gasteiger partial charge >= 0.3 is 0 Å². The van der Waals surface area contributed by atoms with Crippen molar-refractivity contribution in [1.82, 2.24) is 0 Å². The van der Waals surface area contributed by atoms with Gasteiger partial charge in [0.15, 0.2) is 0 Å². The first kappa shape index (κ1) is 17.6. The summed E-state index contributed by atoms with van der Waals surface area (Å²) in [6, 6.07) is 18.0. The zero-order valence-electron chi connectivity index (χ0n) is 14.5. The van der Waals surface area contributed by atoms with Gasteiger partial charge in [-0.05, 0) is 42.5 Å². The fourth-order valence-corrected chi connectivity index (χ4v) is 2.91. The van der Waals surface area contributed by atoms with Crippen LogP contribution in [-0.2, 0) is 12.2 Å². The zero-order valence-corrected chi connectivity index (χ0v) is 14.5. The van der Waals surface area contributed by atoms with E-state index in [-0.39, 0.29) is 0 Å². The SMILES string of the molecule is CCC(CC)CC(C)(O)c1ccc(OCc2ccccc2)cc1. The molecule has 0 saturated carbocycles. The maximum atomic E-state index is 10.8. The topological polar surface area (TPSA) is 29.5 Å². The van der Waals surface area contributed by atoms with Crippen molar-refractivity contribution in [3.8, 4) is 5.75 Å². The van der Waals surface area contributed by atoms with Crippen LogP contribution in [0.1, 0.15) is 51.2 Å². The highest BCUT2D eigenvalue weighted by Crippen LogP contribution is 2.31. The lowest BCUT2D eigenvalue weighted by molar-refractivity contribution is 0.0285. The van der Waals surface area contributed by atoms with Crippen molar-refractivity contribution in [2.24, 2.45) is 5.92 Å². The molecule has 1 atom stereocenters. The molecule has 0 aliphatic heterocycles. The Morgan fingerprint density at radius 3 is 2.13 bits per heavy atom. The van der Waals surface area contributed by atoms with Gasteiger partial charge in [-0.15, -0.1) is 0 Å². The van der Waals surface area contributed by atoms with E-state index in [9.17, 15) is 5.11 Å². The van der Waals surface area contributed by atoms with Gasteiger partial charge in [0.05, 0.1) is 5.60 Å². The van der Waals surface area contributed by atoms with Gasteiger partial charge in [0, 0.05) is 0 Å². The molecule has 23 heavy (non-hydrogen) atoms. The van der Waals surface area contributed by atoms with E-state index in [1.54, 1.807) is 0 Å². The van der Waals surface area contributed by atoms with Crippen molar-refractivity contribution in [2.75, 3.05) is 0 Å². The van der Waals surface area contributed by atoms with Gasteiger partial charge in [0.25, 0.3) is 0 Å². The molecule has 0 fully saturated rings. The second kappa shape index (κ2) is 8.16. The first-order chi connectivity index (χ1) is 11.0. The quantitative estimate of drug-likeness (QED) is 0.716. The zero-order chi connectivity index (χ0) is 16.7. The van der Waals surface area contributed by atoms with Crippen LogP contribution < -0.4 is 4.74 Å². The third kappa shape index (κ3) is 5.11. The monoisotopic (exact) mass is 312 g/mol. The molecular formula is C21H28O2. The van der Waals surface area contributed by atoms with E-state index in [0.29, 0.717) is 12.5 Å². The van der Waals surface area contributed by atoms with Crippen LogP contribution in [0.5, 0.6) is 5.75 Å². The summed E-state index contributed by atoms with van der Waals surface area (Å²) < 4.78 is 5.80. The first-order valence-electron chi connectivity index (χ1n) is 8.54. The number of hydrogen-bond donors (Lipinski definition) is 1. The smallest absolute Gasteiger partial charge is 0.119 e. The van der Waals surface area contributed by atoms with Crippen molar-refractivity contribution < 1.29 is 9.84 Å². The van der Waals surface area contributed by atoms with Crippen molar-refractivity contribution >= 4 is 0 Å². The van der Waals surface area contributed by atoms with Crippen LogP contribution in [-0.4, -0.2) is 5.11 Å². The second-order valence-corrected chi connectivity index (χ2v) is 6.46. The van der Waals surface area contributed by atoms with E-state index in [1.165, 1.54) is 0 Å². The van der Waals surface area contributed by atoms with Crippen LogP contribution in [0.15, 0.2) is 54.6 Å². The Morgan fingerprint density at radius 2 is 1.57 bits per heavy atom. The Balaban J connectivity index is 1.98. The molecule has 2 heteroatoms. The molecule has 124 valence electrons. The molecular weight excluding hydrogens is 284 g/mol. The van der Waals surface area contributed by atoms with Crippen molar-refractivity contribution in [2.45, 2.75) is 52.2 Å². The molecule has 0 bridgehead atoms. The molecule has 1 unspecified atom stereocenters. The Bertz CT molecular complexity index is 569. The lowest BCUT2D eigenvalue weighted by Gasteiger charge is -2.28. The summed E-state index contributed by atoms with van der Waals surface area (Å²) in [7, 11) is 0. The van der Waals surface area contributed by atoms with Crippen LogP contribution in [0.4, 0.5) is 0 Å². The lowest BCUT2D eigenvalue weighted by atomic mass is 9.84. The summed E-state index contributed by atoms with van der Waals surface area (Å²) in [5, 5.41) is 10.8. The highest BCUT2D eigenvalue weighted by atomic mass is 16.5. The van der Waals surface area contributed by atoms with Crippen molar-refractivity contribution in [3.63, 3.8) is 0 Å². The lowest BCUT2D eigenvalue weighted by Crippen LogP contribution is -2.24. The molecule has 0 spiro atoms. The summed E-state index contributed by atoms with van der Waals surface area (Å²) >= 11 is 0. The van der Waals surface area contributed by atoms with E-state index in [1.807, 2.05) is 49.4 Å².